The molecular formula is C20H20ClN3O3. The summed E-state index contributed by atoms with van der Waals surface area (Å²) in [7, 11) is 0. The van der Waals surface area contributed by atoms with Gasteiger partial charge in [-0.3, -0.25) is 14.6 Å². The minimum atomic E-state index is -0.318. The first kappa shape index (κ1) is 17.8. The number of rotatable bonds is 5. The van der Waals surface area contributed by atoms with Crippen molar-refractivity contribution in [1.82, 2.24) is 10.3 Å². The Morgan fingerprint density at radius 1 is 1.26 bits per heavy atom. The molecule has 1 aromatic heterocycles. The first-order valence-electron chi connectivity index (χ1n) is 8.98. The topological polar surface area (TPSA) is 91.3 Å². The minimum absolute atomic E-state index is 0.0129. The number of phenolic OH excluding ortho intramolecular Hbond substituents is 1. The van der Waals surface area contributed by atoms with E-state index in [4.69, 9.17) is 11.6 Å². The number of pyridine rings is 1. The molecule has 1 heterocycles. The van der Waals surface area contributed by atoms with Crippen molar-refractivity contribution in [1.29, 1.82) is 0 Å². The van der Waals surface area contributed by atoms with Crippen molar-refractivity contribution in [3.8, 4) is 5.75 Å². The van der Waals surface area contributed by atoms with Gasteiger partial charge in [-0.2, -0.15) is 0 Å². The van der Waals surface area contributed by atoms with Crippen molar-refractivity contribution < 1.29 is 14.7 Å². The molecule has 0 atom stereocenters. The van der Waals surface area contributed by atoms with Crippen LogP contribution in [0, 0.1) is 5.92 Å². The lowest BCUT2D eigenvalue weighted by atomic mass is 9.77. The van der Waals surface area contributed by atoms with Crippen LogP contribution in [0.15, 0.2) is 36.5 Å². The van der Waals surface area contributed by atoms with Crippen molar-refractivity contribution in [2.75, 3.05) is 5.32 Å². The molecule has 2 amide bonds. The number of nitrogens with zero attached hydrogens (tertiary/aromatic N) is 1. The number of fused-ring (bicyclic) bond motifs is 1. The number of halogens is 1. The first-order valence-corrected chi connectivity index (χ1v) is 9.36. The molecule has 3 fully saturated rings. The van der Waals surface area contributed by atoms with E-state index in [0.29, 0.717) is 16.3 Å². The van der Waals surface area contributed by atoms with Gasteiger partial charge in [-0.25, -0.2) is 0 Å². The summed E-state index contributed by atoms with van der Waals surface area (Å²) in [6, 6.07) is 7.74. The second-order valence-corrected chi connectivity index (χ2v) is 7.91. The van der Waals surface area contributed by atoms with Gasteiger partial charge in [0.1, 0.15) is 11.4 Å². The van der Waals surface area contributed by atoms with Crippen LogP contribution < -0.4 is 10.6 Å². The summed E-state index contributed by atoms with van der Waals surface area (Å²) in [5, 5.41) is 16.1. The van der Waals surface area contributed by atoms with Crippen LogP contribution in [0.5, 0.6) is 5.75 Å². The summed E-state index contributed by atoms with van der Waals surface area (Å²) in [4.78, 5) is 28.9. The van der Waals surface area contributed by atoms with Crippen LogP contribution >= 0.6 is 11.6 Å². The van der Waals surface area contributed by atoms with Gasteiger partial charge in [-0.15, -0.1) is 0 Å². The number of phenols is 1. The molecule has 7 heteroatoms. The number of hydrogen-bond donors (Lipinski definition) is 3. The zero-order chi connectivity index (χ0) is 19.0. The molecule has 1 aromatic carbocycles. The molecule has 0 aliphatic heterocycles. The highest BCUT2D eigenvalue weighted by molar-refractivity contribution is 6.30. The van der Waals surface area contributed by atoms with Crippen LogP contribution in [0.2, 0.25) is 5.02 Å². The van der Waals surface area contributed by atoms with E-state index >= 15 is 0 Å². The molecule has 3 aliphatic rings. The number of carbonyl (C=O) groups is 2. The Balaban J connectivity index is 1.40. The van der Waals surface area contributed by atoms with Gasteiger partial charge in [0, 0.05) is 28.0 Å². The molecule has 0 radical (unpaired) electrons. The van der Waals surface area contributed by atoms with Gasteiger partial charge in [0.2, 0.25) is 5.91 Å². The van der Waals surface area contributed by atoms with Crippen LogP contribution in [0.1, 0.15) is 41.7 Å². The lowest BCUT2D eigenvalue weighted by Gasteiger charge is -2.39. The Morgan fingerprint density at radius 3 is 2.81 bits per heavy atom. The number of hydrogen-bond acceptors (Lipinski definition) is 4. The summed E-state index contributed by atoms with van der Waals surface area (Å²) in [5.41, 5.74) is 1.15. The predicted octanol–water partition coefficient (Wildman–Crippen LogP) is 3.29. The fourth-order valence-corrected chi connectivity index (χ4v) is 4.30. The second kappa shape index (κ2) is 6.85. The maximum Gasteiger partial charge on any atom is 0.270 e. The standard InChI is InChI=1S/C20H20ClN3O3/c21-14-1-2-17(25)13(7-14)8-18(26)23-15-4-6-22-16(9-15)19(27)24-20-5-3-12(10-20)11-20/h1-2,4,6-7,9,12,25H,3,5,8,10-11H2,(H,24,27)(H,22,23,26). The van der Waals surface area contributed by atoms with Gasteiger partial charge < -0.3 is 15.7 Å². The third kappa shape index (κ3) is 3.76. The number of aromatic hydroxyl groups is 1. The largest absolute Gasteiger partial charge is 0.508 e. The Hall–Kier alpha value is -2.60. The second-order valence-electron chi connectivity index (χ2n) is 7.48. The molecule has 2 bridgehead atoms. The van der Waals surface area contributed by atoms with Crippen molar-refractivity contribution in [3.05, 3.63) is 52.8 Å². The summed E-state index contributed by atoms with van der Waals surface area (Å²) >= 11 is 5.90. The van der Waals surface area contributed by atoms with Crippen molar-refractivity contribution >= 4 is 29.1 Å². The van der Waals surface area contributed by atoms with Crippen LogP contribution in [-0.4, -0.2) is 27.4 Å². The first-order chi connectivity index (χ1) is 12.9. The Morgan fingerprint density at radius 2 is 2.07 bits per heavy atom. The van der Waals surface area contributed by atoms with E-state index in [-0.39, 0.29) is 35.2 Å². The zero-order valence-electron chi connectivity index (χ0n) is 14.7. The highest BCUT2D eigenvalue weighted by Crippen LogP contribution is 2.51. The molecule has 3 N–H and O–H groups in total. The molecule has 5 rings (SSSR count). The average Bonchev–Trinajstić information content (AvgIpc) is 3.18. The van der Waals surface area contributed by atoms with Crippen molar-refractivity contribution in [2.45, 2.75) is 37.6 Å². The maximum absolute atomic E-state index is 12.5. The summed E-state index contributed by atoms with van der Waals surface area (Å²) < 4.78 is 0. The van der Waals surface area contributed by atoms with Gasteiger partial charge >= 0.3 is 0 Å². The van der Waals surface area contributed by atoms with Crippen molar-refractivity contribution in [2.24, 2.45) is 5.92 Å². The van der Waals surface area contributed by atoms with E-state index in [1.165, 1.54) is 18.7 Å². The van der Waals surface area contributed by atoms with Crippen LogP contribution in [0.3, 0.4) is 0 Å². The molecular weight excluding hydrogens is 366 g/mol. The summed E-state index contributed by atoms with van der Waals surface area (Å²) in [6.07, 6.45) is 5.79. The predicted molar refractivity (Wildman–Crippen MR) is 102 cm³/mol. The lowest BCUT2D eigenvalue weighted by molar-refractivity contribution is -0.115. The van der Waals surface area contributed by atoms with E-state index in [1.807, 2.05) is 0 Å². The molecule has 6 nitrogen and oxygen atoms in total. The van der Waals surface area contributed by atoms with Gasteiger partial charge in [0.05, 0.1) is 6.42 Å². The van der Waals surface area contributed by atoms with Gasteiger partial charge in [-0.1, -0.05) is 11.6 Å². The molecule has 27 heavy (non-hydrogen) atoms. The third-order valence-electron chi connectivity index (χ3n) is 5.44. The highest BCUT2D eigenvalue weighted by atomic mass is 35.5. The molecule has 2 aromatic rings. The fraction of sp³-hybridized carbons (Fsp3) is 0.350. The average molecular weight is 386 g/mol. The molecule has 140 valence electrons. The van der Waals surface area contributed by atoms with E-state index < -0.39 is 0 Å². The van der Waals surface area contributed by atoms with E-state index in [1.54, 1.807) is 24.3 Å². The van der Waals surface area contributed by atoms with Crippen LogP contribution in [-0.2, 0) is 11.2 Å². The third-order valence-corrected chi connectivity index (χ3v) is 5.67. The van der Waals surface area contributed by atoms with E-state index in [9.17, 15) is 14.7 Å². The summed E-state index contributed by atoms with van der Waals surface area (Å²) in [5.74, 6) is 0.242. The number of aromatic nitrogens is 1. The summed E-state index contributed by atoms with van der Waals surface area (Å²) in [6.45, 7) is 0. The Bertz CT molecular complexity index is 904. The Kier molecular flexibility index (Phi) is 4.52. The minimum Gasteiger partial charge on any atom is -0.508 e. The number of nitrogens with one attached hydrogen (secondary N) is 2. The molecule has 0 spiro atoms. The van der Waals surface area contributed by atoms with Gasteiger partial charge in [0.15, 0.2) is 0 Å². The molecule has 0 saturated heterocycles. The Labute approximate surface area is 162 Å². The quantitative estimate of drug-likeness (QED) is 0.736. The zero-order valence-corrected chi connectivity index (χ0v) is 15.4. The normalized spacial score (nSPS) is 22.8. The monoisotopic (exact) mass is 385 g/mol. The van der Waals surface area contributed by atoms with Gasteiger partial charge in [-0.05, 0) is 61.9 Å². The number of amides is 2. The van der Waals surface area contributed by atoms with Crippen LogP contribution in [0.4, 0.5) is 5.69 Å². The van der Waals surface area contributed by atoms with E-state index in [0.717, 1.165) is 25.2 Å². The maximum atomic E-state index is 12.5. The van der Waals surface area contributed by atoms with Gasteiger partial charge in [0.25, 0.3) is 5.91 Å². The molecule has 0 unspecified atom stereocenters. The smallest absolute Gasteiger partial charge is 0.270 e. The highest BCUT2D eigenvalue weighted by Gasteiger charge is 2.51. The van der Waals surface area contributed by atoms with Crippen LogP contribution in [0.25, 0.3) is 0 Å². The fourth-order valence-electron chi connectivity index (χ4n) is 4.11. The van der Waals surface area contributed by atoms with E-state index in [2.05, 4.69) is 15.6 Å². The number of benzene rings is 1. The van der Waals surface area contributed by atoms with Crippen molar-refractivity contribution in [3.63, 3.8) is 0 Å². The lowest BCUT2D eigenvalue weighted by Crippen LogP contribution is -2.51. The SMILES string of the molecule is O=C(Cc1cc(Cl)ccc1O)Nc1ccnc(C(=O)NC23CCC(C2)C3)c1. The molecule has 3 saturated carbocycles. The number of carbonyl (C=O) groups excluding carboxylic acids is 2. The number of anilines is 1. The molecule has 3 aliphatic carbocycles.